The van der Waals surface area contributed by atoms with Crippen molar-refractivity contribution in [1.82, 2.24) is 10.0 Å². The van der Waals surface area contributed by atoms with Gasteiger partial charge >= 0.3 is 0 Å². The standard InChI is InChI=1S/C11H24N2O/c1-6-7-8-9-10(2)11(14)13(5)12(3)4/h10H,6-9H2,1-5H3. The molecule has 0 rings (SSSR count). The first-order valence-electron chi connectivity index (χ1n) is 5.45. The molecule has 0 saturated carbocycles. The van der Waals surface area contributed by atoms with Crippen LogP contribution in [0.2, 0.25) is 0 Å². The van der Waals surface area contributed by atoms with Gasteiger partial charge in [0.25, 0.3) is 0 Å². The monoisotopic (exact) mass is 200 g/mol. The SMILES string of the molecule is CCCCCC(C)C(=O)N(C)N(C)C. The predicted octanol–water partition coefficient (Wildman–Crippen LogP) is 2.14. The maximum atomic E-state index is 11.8. The van der Waals surface area contributed by atoms with Crippen molar-refractivity contribution in [3.8, 4) is 0 Å². The Labute approximate surface area is 88.0 Å². The third-order valence-electron chi connectivity index (χ3n) is 2.58. The van der Waals surface area contributed by atoms with Gasteiger partial charge in [-0.25, -0.2) is 5.01 Å². The largest absolute Gasteiger partial charge is 0.279 e. The molecule has 84 valence electrons. The van der Waals surface area contributed by atoms with Gasteiger partial charge in [-0.3, -0.25) is 9.80 Å². The van der Waals surface area contributed by atoms with Crippen LogP contribution in [0.4, 0.5) is 0 Å². The van der Waals surface area contributed by atoms with Gasteiger partial charge in [0.15, 0.2) is 0 Å². The molecule has 3 nitrogen and oxygen atoms in total. The van der Waals surface area contributed by atoms with E-state index >= 15 is 0 Å². The molecule has 0 spiro atoms. The summed E-state index contributed by atoms with van der Waals surface area (Å²) in [6, 6.07) is 0. The lowest BCUT2D eigenvalue weighted by molar-refractivity contribution is -0.145. The fourth-order valence-electron chi connectivity index (χ4n) is 1.34. The highest BCUT2D eigenvalue weighted by Gasteiger charge is 2.17. The van der Waals surface area contributed by atoms with Gasteiger partial charge in [0.05, 0.1) is 0 Å². The van der Waals surface area contributed by atoms with Gasteiger partial charge in [-0.2, -0.15) is 0 Å². The van der Waals surface area contributed by atoms with E-state index in [2.05, 4.69) is 6.92 Å². The van der Waals surface area contributed by atoms with Gasteiger partial charge in [-0.15, -0.1) is 0 Å². The number of carbonyl (C=O) groups is 1. The van der Waals surface area contributed by atoms with Crippen LogP contribution in [0.5, 0.6) is 0 Å². The summed E-state index contributed by atoms with van der Waals surface area (Å²) < 4.78 is 0. The molecule has 0 aromatic heterocycles. The molecule has 0 aromatic carbocycles. The maximum Gasteiger partial charge on any atom is 0.239 e. The Balaban J connectivity index is 3.86. The summed E-state index contributed by atoms with van der Waals surface area (Å²) in [6.45, 7) is 4.19. The van der Waals surface area contributed by atoms with Crippen LogP contribution >= 0.6 is 0 Å². The molecule has 1 unspecified atom stereocenters. The minimum absolute atomic E-state index is 0.147. The van der Waals surface area contributed by atoms with E-state index in [4.69, 9.17) is 0 Å². The topological polar surface area (TPSA) is 23.6 Å². The van der Waals surface area contributed by atoms with E-state index in [0.29, 0.717) is 0 Å². The van der Waals surface area contributed by atoms with Crippen LogP contribution in [-0.2, 0) is 4.79 Å². The van der Waals surface area contributed by atoms with Crippen LogP contribution in [-0.4, -0.2) is 37.1 Å². The van der Waals surface area contributed by atoms with Crippen LogP contribution < -0.4 is 0 Å². The minimum atomic E-state index is 0.147. The number of rotatable bonds is 6. The van der Waals surface area contributed by atoms with Gasteiger partial charge in [0.1, 0.15) is 0 Å². The molecule has 0 aliphatic carbocycles. The van der Waals surface area contributed by atoms with Gasteiger partial charge in [0, 0.05) is 27.1 Å². The molecule has 0 heterocycles. The van der Waals surface area contributed by atoms with Crippen molar-refractivity contribution in [2.75, 3.05) is 21.1 Å². The summed E-state index contributed by atoms with van der Waals surface area (Å²) in [7, 11) is 5.59. The first-order chi connectivity index (χ1) is 6.50. The van der Waals surface area contributed by atoms with Gasteiger partial charge in [-0.1, -0.05) is 33.1 Å². The zero-order chi connectivity index (χ0) is 11.1. The fourth-order valence-corrected chi connectivity index (χ4v) is 1.34. The summed E-state index contributed by atoms with van der Waals surface area (Å²) in [5, 5.41) is 3.50. The van der Waals surface area contributed by atoms with E-state index < -0.39 is 0 Å². The lowest BCUT2D eigenvalue weighted by Crippen LogP contribution is -2.41. The summed E-state index contributed by atoms with van der Waals surface area (Å²) in [5.74, 6) is 0.361. The van der Waals surface area contributed by atoms with Crippen molar-refractivity contribution in [2.24, 2.45) is 5.92 Å². The highest BCUT2D eigenvalue weighted by molar-refractivity contribution is 5.77. The van der Waals surface area contributed by atoms with Crippen LogP contribution in [0.15, 0.2) is 0 Å². The average molecular weight is 200 g/mol. The third-order valence-corrected chi connectivity index (χ3v) is 2.58. The Hall–Kier alpha value is -0.570. The lowest BCUT2D eigenvalue weighted by atomic mass is 10.0. The van der Waals surface area contributed by atoms with Crippen molar-refractivity contribution in [1.29, 1.82) is 0 Å². The van der Waals surface area contributed by atoms with E-state index in [9.17, 15) is 4.79 Å². The Bertz CT molecular complexity index is 169. The van der Waals surface area contributed by atoms with Crippen molar-refractivity contribution in [3.05, 3.63) is 0 Å². The average Bonchev–Trinajstić information content (AvgIpc) is 2.15. The Morgan fingerprint density at radius 3 is 2.21 bits per heavy atom. The molecule has 0 aromatic rings. The lowest BCUT2D eigenvalue weighted by Gasteiger charge is -2.27. The Kier molecular flexibility index (Phi) is 6.54. The minimum Gasteiger partial charge on any atom is -0.279 e. The van der Waals surface area contributed by atoms with Gasteiger partial charge in [0.2, 0.25) is 5.91 Å². The molecule has 0 radical (unpaired) electrons. The molecule has 1 amide bonds. The molecule has 0 N–H and O–H groups in total. The number of unbranched alkanes of at least 4 members (excludes halogenated alkanes) is 2. The van der Waals surface area contributed by atoms with Gasteiger partial charge < -0.3 is 0 Å². The zero-order valence-corrected chi connectivity index (χ0v) is 10.2. The van der Waals surface area contributed by atoms with E-state index in [1.54, 1.807) is 5.01 Å². The molecular formula is C11H24N2O. The van der Waals surface area contributed by atoms with E-state index in [-0.39, 0.29) is 11.8 Å². The second-order valence-corrected chi connectivity index (χ2v) is 4.11. The van der Waals surface area contributed by atoms with Crippen molar-refractivity contribution < 1.29 is 4.79 Å². The fraction of sp³-hybridized carbons (Fsp3) is 0.909. The smallest absolute Gasteiger partial charge is 0.239 e. The molecule has 1 atom stereocenters. The number of amides is 1. The maximum absolute atomic E-state index is 11.8. The second-order valence-electron chi connectivity index (χ2n) is 4.11. The predicted molar refractivity (Wildman–Crippen MR) is 59.8 cm³/mol. The zero-order valence-electron chi connectivity index (χ0n) is 10.2. The van der Waals surface area contributed by atoms with Crippen molar-refractivity contribution >= 4 is 5.91 Å². The van der Waals surface area contributed by atoms with Crippen LogP contribution in [0.3, 0.4) is 0 Å². The quantitative estimate of drug-likeness (QED) is 0.484. The molecule has 14 heavy (non-hydrogen) atoms. The van der Waals surface area contributed by atoms with Crippen molar-refractivity contribution in [2.45, 2.75) is 39.5 Å². The summed E-state index contributed by atoms with van der Waals surface area (Å²) in [6.07, 6.45) is 4.60. The molecule has 0 saturated heterocycles. The highest BCUT2D eigenvalue weighted by atomic mass is 16.2. The number of hydrogen-bond donors (Lipinski definition) is 0. The molecule has 0 bridgehead atoms. The number of carbonyl (C=O) groups excluding carboxylic acids is 1. The van der Waals surface area contributed by atoms with E-state index in [1.807, 2.05) is 33.1 Å². The number of nitrogens with zero attached hydrogens (tertiary/aromatic N) is 2. The number of hydrazine groups is 1. The molecule has 3 heteroatoms. The van der Waals surface area contributed by atoms with Crippen LogP contribution in [0, 0.1) is 5.92 Å². The van der Waals surface area contributed by atoms with E-state index in [1.165, 1.54) is 12.8 Å². The summed E-state index contributed by atoms with van der Waals surface area (Å²) >= 11 is 0. The molecule has 0 aliphatic rings. The molecule has 0 aliphatic heterocycles. The first-order valence-corrected chi connectivity index (χ1v) is 5.45. The second kappa shape index (κ2) is 6.82. The normalized spacial score (nSPS) is 13.0. The molecular weight excluding hydrogens is 176 g/mol. The Morgan fingerprint density at radius 1 is 1.21 bits per heavy atom. The third kappa shape index (κ3) is 4.61. The van der Waals surface area contributed by atoms with Crippen LogP contribution in [0.25, 0.3) is 0 Å². The molecule has 0 fully saturated rings. The Morgan fingerprint density at radius 2 is 1.79 bits per heavy atom. The van der Waals surface area contributed by atoms with Crippen LogP contribution in [0.1, 0.15) is 39.5 Å². The summed E-state index contributed by atoms with van der Waals surface area (Å²) in [5.41, 5.74) is 0. The first kappa shape index (κ1) is 13.4. The summed E-state index contributed by atoms with van der Waals surface area (Å²) in [4.78, 5) is 11.8. The van der Waals surface area contributed by atoms with Gasteiger partial charge in [-0.05, 0) is 6.42 Å². The van der Waals surface area contributed by atoms with E-state index in [0.717, 1.165) is 12.8 Å². The highest BCUT2D eigenvalue weighted by Crippen LogP contribution is 2.11. The number of hydrogen-bond acceptors (Lipinski definition) is 2. The van der Waals surface area contributed by atoms with Crippen molar-refractivity contribution in [3.63, 3.8) is 0 Å².